The van der Waals surface area contributed by atoms with Gasteiger partial charge in [-0.2, -0.15) is 13.6 Å². The molecule has 16 nitrogen and oxygen atoms in total. The summed E-state index contributed by atoms with van der Waals surface area (Å²) in [5.74, 6) is -0.131. The molecule has 0 amide bonds. The fourth-order valence-electron chi connectivity index (χ4n) is 2.18. The highest BCUT2D eigenvalue weighted by Crippen LogP contribution is 2.66. The molecule has 1 aliphatic rings. The molecule has 1 saturated heterocycles. The summed E-state index contributed by atoms with van der Waals surface area (Å²) in [6.45, 7) is -1.04. The second kappa shape index (κ2) is 8.85. The van der Waals surface area contributed by atoms with Crippen LogP contribution in [-0.2, 0) is 31.6 Å². The molecule has 21 heteroatoms. The standard InChI is InChI=1S/C9H14Cl2N3O13P3/c10-9(11)6(15)4(25-7(9)14-2-1-5(12)13-8(14)16)3-24-29(20,21)27-30(22,23)26-28(17,18)19/h1-2,4,6-7,15H,3H2,(H,20,21)(H,22,23)(H2,12,13,16)(H2,17,18,19). The molecule has 0 saturated carbocycles. The van der Waals surface area contributed by atoms with Crippen LogP contribution in [0.4, 0.5) is 5.82 Å². The third-order valence-corrected chi connectivity index (χ3v) is 7.92. The van der Waals surface area contributed by atoms with Crippen LogP contribution in [0.5, 0.6) is 0 Å². The summed E-state index contributed by atoms with van der Waals surface area (Å²) in [4.78, 5) is 50.8. The van der Waals surface area contributed by atoms with Gasteiger partial charge in [0.05, 0.1) is 6.61 Å². The lowest BCUT2D eigenvalue weighted by Crippen LogP contribution is -2.40. The third kappa shape index (κ3) is 6.55. The molecule has 30 heavy (non-hydrogen) atoms. The van der Waals surface area contributed by atoms with Crippen LogP contribution < -0.4 is 11.4 Å². The van der Waals surface area contributed by atoms with E-state index < -0.39 is 58.5 Å². The number of hydrogen-bond acceptors (Lipinski definition) is 11. The lowest BCUT2D eigenvalue weighted by molar-refractivity contribution is -0.0452. The van der Waals surface area contributed by atoms with Crippen molar-refractivity contribution < 1.29 is 56.3 Å². The Kier molecular flexibility index (Phi) is 7.62. The van der Waals surface area contributed by atoms with Gasteiger partial charge in [0.2, 0.25) is 0 Å². The van der Waals surface area contributed by atoms with Crippen LogP contribution >= 0.6 is 46.7 Å². The Hall–Kier alpha value is -0.410. The maximum Gasteiger partial charge on any atom is 0.490 e. The van der Waals surface area contributed by atoms with Crippen molar-refractivity contribution in [2.45, 2.75) is 22.8 Å². The Morgan fingerprint density at radius 3 is 2.33 bits per heavy atom. The zero-order valence-electron chi connectivity index (χ0n) is 14.2. The SMILES string of the molecule is Nc1ccn(C2OC(COP(=O)(O)OP(=O)(O)OP(=O)(O)O)C(O)C2(Cl)Cl)c(=O)n1. The Labute approximate surface area is 176 Å². The highest BCUT2D eigenvalue weighted by Gasteiger charge is 2.56. The zero-order chi connectivity index (χ0) is 23.1. The highest BCUT2D eigenvalue weighted by molar-refractivity contribution is 7.66. The maximum absolute atomic E-state index is 11.9. The van der Waals surface area contributed by atoms with Crippen LogP contribution in [0.25, 0.3) is 0 Å². The quantitative estimate of drug-likeness (QED) is 0.183. The maximum atomic E-state index is 11.9. The number of phosphoric ester groups is 1. The van der Waals surface area contributed by atoms with Gasteiger partial charge < -0.3 is 35.2 Å². The van der Waals surface area contributed by atoms with Gasteiger partial charge in [-0.05, 0) is 6.07 Å². The molecule has 0 aromatic carbocycles. The number of nitrogens with two attached hydrogens (primary N) is 1. The molecule has 0 radical (unpaired) electrons. The molecule has 1 aliphatic heterocycles. The van der Waals surface area contributed by atoms with E-state index in [0.717, 1.165) is 10.8 Å². The van der Waals surface area contributed by atoms with Crippen LogP contribution in [0.2, 0.25) is 0 Å². The van der Waals surface area contributed by atoms with Gasteiger partial charge in [-0.3, -0.25) is 9.09 Å². The number of aliphatic hydroxyl groups excluding tert-OH is 1. The van der Waals surface area contributed by atoms with Crippen molar-refractivity contribution in [2.24, 2.45) is 0 Å². The number of ether oxygens (including phenoxy) is 1. The molecule has 172 valence electrons. The average molecular weight is 536 g/mol. The van der Waals surface area contributed by atoms with Crippen LogP contribution in [0, 0.1) is 0 Å². The topological polar surface area (TPSA) is 250 Å². The number of nitrogens with zero attached hydrogens (tertiary/aromatic N) is 2. The van der Waals surface area contributed by atoms with Gasteiger partial charge >= 0.3 is 29.2 Å². The molecule has 5 atom stereocenters. The van der Waals surface area contributed by atoms with Crippen molar-refractivity contribution in [3.05, 3.63) is 22.7 Å². The number of rotatable bonds is 8. The number of aliphatic hydroxyl groups is 1. The van der Waals surface area contributed by atoms with Crippen molar-refractivity contribution in [3.63, 3.8) is 0 Å². The van der Waals surface area contributed by atoms with E-state index in [1.165, 1.54) is 6.07 Å². The van der Waals surface area contributed by atoms with Crippen LogP contribution in [0.15, 0.2) is 17.1 Å². The van der Waals surface area contributed by atoms with Gasteiger partial charge in [-0.15, -0.1) is 0 Å². The first kappa shape index (κ1) is 25.8. The van der Waals surface area contributed by atoms with E-state index in [1.807, 2.05) is 0 Å². The van der Waals surface area contributed by atoms with E-state index in [-0.39, 0.29) is 5.82 Å². The summed E-state index contributed by atoms with van der Waals surface area (Å²) in [7, 11) is -16.8. The van der Waals surface area contributed by atoms with Crippen molar-refractivity contribution in [1.82, 2.24) is 9.55 Å². The molecular formula is C9H14Cl2N3O13P3. The number of alkyl halides is 2. The Bertz CT molecular complexity index is 998. The van der Waals surface area contributed by atoms with E-state index in [4.69, 9.17) is 48.4 Å². The van der Waals surface area contributed by atoms with Gasteiger partial charge in [0, 0.05) is 6.20 Å². The monoisotopic (exact) mass is 535 g/mol. The summed E-state index contributed by atoms with van der Waals surface area (Å²) >= 11 is 12.0. The Balaban J connectivity index is 2.12. The highest BCUT2D eigenvalue weighted by atomic mass is 35.5. The minimum Gasteiger partial charge on any atom is -0.387 e. The fourth-order valence-corrected chi connectivity index (χ4v) is 5.81. The molecule has 7 N–H and O–H groups in total. The number of aromatic nitrogens is 2. The van der Waals surface area contributed by atoms with E-state index in [2.05, 4.69) is 18.1 Å². The summed E-state index contributed by atoms with van der Waals surface area (Å²) in [6, 6.07) is 1.19. The number of anilines is 1. The van der Waals surface area contributed by atoms with Crippen LogP contribution in [-0.4, -0.2) is 57.4 Å². The van der Waals surface area contributed by atoms with Crippen LogP contribution in [0.3, 0.4) is 0 Å². The van der Waals surface area contributed by atoms with Gasteiger partial charge in [0.25, 0.3) is 0 Å². The molecule has 0 bridgehead atoms. The average Bonchev–Trinajstić information content (AvgIpc) is 2.73. The summed E-state index contributed by atoms with van der Waals surface area (Å²) in [6.07, 6.45) is -3.88. The molecule has 2 rings (SSSR count). The van der Waals surface area contributed by atoms with E-state index in [1.54, 1.807) is 0 Å². The minimum atomic E-state index is -5.73. The number of nitrogen functional groups attached to an aromatic ring is 1. The lowest BCUT2D eigenvalue weighted by Gasteiger charge is -2.24. The summed E-state index contributed by atoms with van der Waals surface area (Å²) in [5.41, 5.74) is 4.40. The molecule has 0 spiro atoms. The number of hydrogen-bond donors (Lipinski definition) is 6. The normalized spacial score (nSPS) is 28.0. The largest absolute Gasteiger partial charge is 0.490 e. The Morgan fingerprint density at radius 2 is 1.80 bits per heavy atom. The zero-order valence-corrected chi connectivity index (χ0v) is 18.4. The lowest BCUT2D eigenvalue weighted by atomic mass is 10.2. The molecule has 1 aromatic heterocycles. The van der Waals surface area contributed by atoms with Crippen molar-refractivity contribution in [1.29, 1.82) is 0 Å². The van der Waals surface area contributed by atoms with E-state index in [9.17, 15) is 28.5 Å². The van der Waals surface area contributed by atoms with Gasteiger partial charge in [0.1, 0.15) is 18.0 Å². The third-order valence-electron chi connectivity index (χ3n) is 3.30. The first-order valence-electron chi connectivity index (χ1n) is 7.28. The minimum absolute atomic E-state index is 0.131. The van der Waals surface area contributed by atoms with E-state index in [0.29, 0.717) is 0 Å². The molecule has 2 heterocycles. The van der Waals surface area contributed by atoms with E-state index >= 15 is 0 Å². The van der Waals surface area contributed by atoms with Crippen molar-refractivity contribution >= 4 is 52.5 Å². The molecule has 1 fully saturated rings. The second-order valence-electron chi connectivity index (χ2n) is 5.58. The molecule has 0 aliphatic carbocycles. The number of halogens is 2. The van der Waals surface area contributed by atoms with Gasteiger partial charge in [-0.25, -0.2) is 18.5 Å². The van der Waals surface area contributed by atoms with Gasteiger partial charge in [-0.1, -0.05) is 23.2 Å². The van der Waals surface area contributed by atoms with Crippen molar-refractivity contribution in [3.8, 4) is 0 Å². The summed E-state index contributed by atoms with van der Waals surface area (Å²) < 4.78 is 48.9. The van der Waals surface area contributed by atoms with Gasteiger partial charge in [0.15, 0.2) is 10.6 Å². The predicted molar refractivity (Wildman–Crippen MR) is 97.1 cm³/mol. The molecular weight excluding hydrogens is 522 g/mol. The first-order chi connectivity index (χ1) is 13.4. The fraction of sp³-hybridized carbons (Fsp3) is 0.556. The van der Waals surface area contributed by atoms with Crippen molar-refractivity contribution in [2.75, 3.05) is 12.3 Å². The molecule has 5 unspecified atom stereocenters. The number of phosphoric acid groups is 3. The Morgan fingerprint density at radius 1 is 1.20 bits per heavy atom. The second-order valence-corrected chi connectivity index (χ2v) is 11.4. The smallest absolute Gasteiger partial charge is 0.387 e. The van der Waals surface area contributed by atoms with Crippen LogP contribution in [0.1, 0.15) is 6.23 Å². The molecule has 1 aromatic rings. The summed E-state index contributed by atoms with van der Waals surface area (Å²) in [5, 5.41) is 10.2. The predicted octanol–water partition coefficient (Wildman–Crippen LogP) is -0.399. The first-order valence-corrected chi connectivity index (χ1v) is 12.6.